The molecule has 1 saturated heterocycles. The summed E-state index contributed by atoms with van der Waals surface area (Å²) >= 11 is 0. The number of ether oxygens (including phenoxy) is 1. The zero-order valence-corrected chi connectivity index (χ0v) is 18.0. The second-order valence-electron chi connectivity index (χ2n) is 8.57. The van der Waals surface area contributed by atoms with E-state index >= 15 is 0 Å². The van der Waals surface area contributed by atoms with Gasteiger partial charge in [0.1, 0.15) is 11.6 Å². The number of fused-ring (bicyclic) bond motifs is 3. The highest BCUT2D eigenvalue weighted by molar-refractivity contribution is 6.10. The standard InChI is InChI=1S/C25H24FN3O3/c1-16(26)11-19-18-8-4-3-7-17(18)12-27-21(19)13-29-22-10-6-5-9-20(22)25(23(29)30)14-28(15-25)24(31)32-2/h3-10,12,16H,11,13-15H2,1-2H3. The van der Waals surface area contributed by atoms with E-state index in [0.29, 0.717) is 5.69 Å². The number of nitrogens with zero attached hydrogens (tertiary/aromatic N) is 3. The van der Waals surface area contributed by atoms with Gasteiger partial charge < -0.3 is 14.5 Å². The second-order valence-corrected chi connectivity index (χ2v) is 8.57. The van der Waals surface area contributed by atoms with Crippen LogP contribution in [0.4, 0.5) is 14.9 Å². The Kier molecular flexibility index (Phi) is 4.84. The van der Waals surface area contributed by atoms with Crippen LogP contribution < -0.4 is 4.90 Å². The van der Waals surface area contributed by atoms with E-state index in [0.717, 1.165) is 27.6 Å². The molecule has 2 amide bonds. The Bertz CT molecular complexity index is 1220. The zero-order chi connectivity index (χ0) is 22.5. The molecule has 1 fully saturated rings. The molecule has 5 rings (SSSR count). The van der Waals surface area contributed by atoms with E-state index in [2.05, 4.69) is 4.98 Å². The topological polar surface area (TPSA) is 62.7 Å². The van der Waals surface area contributed by atoms with E-state index in [4.69, 9.17) is 4.74 Å². The molecule has 0 aliphatic carbocycles. The first-order chi connectivity index (χ1) is 15.4. The largest absolute Gasteiger partial charge is 0.453 e. The number of likely N-dealkylation sites (tertiary alicyclic amines) is 1. The van der Waals surface area contributed by atoms with Gasteiger partial charge in [-0.3, -0.25) is 9.78 Å². The van der Waals surface area contributed by atoms with Gasteiger partial charge in [-0.1, -0.05) is 42.5 Å². The highest BCUT2D eigenvalue weighted by Crippen LogP contribution is 2.48. The molecule has 32 heavy (non-hydrogen) atoms. The summed E-state index contributed by atoms with van der Waals surface area (Å²) in [5, 5.41) is 1.90. The van der Waals surface area contributed by atoms with Gasteiger partial charge in [-0.15, -0.1) is 0 Å². The van der Waals surface area contributed by atoms with E-state index in [1.54, 1.807) is 11.1 Å². The maximum atomic E-state index is 14.1. The highest BCUT2D eigenvalue weighted by atomic mass is 19.1. The summed E-state index contributed by atoms with van der Waals surface area (Å²) in [6, 6.07) is 15.5. The highest BCUT2D eigenvalue weighted by Gasteiger charge is 2.59. The van der Waals surface area contributed by atoms with Gasteiger partial charge in [-0.05, 0) is 29.5 Å². The van der Waals surface area contributed by atoms with Gasteiger partial charge in [0.15, 0.2) is 0 Å². The molecule has 1 spiro atoms. The van der Waals surface area contributed by atoms with Gasteiger partial charge in [0.25, 0.3) is 0 Å². The number of halogens is 1. The fourth-order valence-corrected chi connectivity index (χ4v) is 4.98. The number of hydrogen-bond acceptors (Lipinski definition) is 4. The van der Waals surface area contributed by atoms with Gasteiger partial charge in [-0.2, -0.15) is 0 Å². The molecular formula is C25H24FN3O3. The van der Waals surface area contributed by atoms with Crippen LogP contribution in [0.5, 0.6) is 0 Å². The number of methoxy groups -OCH3 is 1. The number of carbonyl (C=O) groups excluding carboxylic acids is 2. The summed E-state index contributed by atoms with van der Waals surface area (Å²) < 4.78 is 18.9. The SMILES string of the molecule is COC(=O)N1CC2(C1)C(=O)N(Cc1ncc3ccccc3c1CC(C)F)c1ccccc12. The second kappa shape index (κ2) is 7.58. The van der Waals surface area contributed by atoms with Crippen molar-refractivity contribution >= 4 is 28.5 Å². The Hall–Kier alpha value is -3.48. The fourth-order valence-electron chi connectivity index (χ4n) is 4.98. The van der Waals surface area contributed by atoms with Crippen molar-refractivity contribution in [3.63, 3.8) is 0 Å². The van der Waals surface area contributed by atoms with Crippen LogP contribution in [0.15, 0.2) is 54.7 Å². The number of anilines is 1. The summed E-state index contributed by atoms with van der Waals surface area (Å²) in [4.78, 5) is 33.5. The van der Waals surface area contributed by atoms with Crippen LogP contribution in [0.3, 0.4) is 0 Å². The lowest BCUT2D eigenvalue weighted by atomic mass is 9.75. The maximum absolute atomic E-state index is 14.1. The van der Waals surface area contributed by atoms with Gasteiger partial charge in [0.05, 0.1) is 19.3 Å². The number of aromatic nitrogens is 1. The number of benzene rings is 2. The van der Waals surface area contributed by atoms with E-state index in [-0.39, 0.29) is 32.0 Å². The Morgan fingerprint density at radius 2 is 1.91 bits per heavy atom. The number of amides is 2. The van der Waals surface area contributed by atoms with Crippen molar-refractivity contribution in [3.8, 4) is 0 Å². The smallest absolute Gasteiger partial charge is 0.409 e. The molecule has 0 bridgehead atoms. The number of rotatable bonds is 4. The molecule has 2 aromatic carbocycles. The lowest BCUT2D eigenvalue weighted by Gasteiger charge is -2.45. The van der Waals surface area contributed by atoms with Crippen LogP contribution in [-0.4, -0.2) is 48.3 Å². The van der Waals surface area contributed by atoms with Crippen molar-refractivity contribution in [2.45, 2.75) is 31.5 Å². The molecule has 7 heteroatoms. The number of carbonyl (C=O) groups is 2. The quantitative estimate of drug-likeness (QED) is 0.624. The average molecular weight is 433 g/mol. The summed E-state index contributed by atoms with van der Waals surface area (Å²) in [6.07, 6.45) is 0.542. The lowest BCUT2D eigenvalue weighted by molar-refractivity contribution is -0.128. The van der Waals surface area contributed by atoms with Crippen molar-refractivity contribution in [1.29, 1.82) is 0 Å². The molecule has 1 aromatic heterocycles. The minimum absolute atomic E-state index is 0.0620. The molecule has 3 heterocycles. The van der Waals surface area contributed by atoms with Crippen molar-refractivity contribution < 1.29 is 18.7 Å². The number of para-hydroxylation sites is 1. The third kappa shape index (κ3) is 3.03. The molecule has 6 nitrogen and oxygen atoms in total. The third-order valence-corrected chi connectivity index (χ3v) is 6.51. The van der Waals surface area contributed by atoms with Crippen molar-refractivity contribution in [1.82, 2.24) is 9.88 Å². The first kappa shape index (κ1) is 20.4. The Morgan fingerprint density at radius 1 is 1.19 bits per heavy atom. The van der Waals surface area contributed by atoms with Crippen molar-refractivity contribution in [2.75, 3.05) is 25.1 Å². The fraction of sp³-hybridized carbons (Fsp3) is 0.320. The van der Waals surface area contributed by atoms with E-state index < -0.39 is 17.7 Å². The Morgan fingerprint density at radius 3 is 2.66 bits per heavy atom. The molecule has 2 aliphatic heterocycles. The molecule has 0 N–H and O–H groups in total. The Labute approximate surface area is 185 Å². The molecule has 0 saturated carbocycles. The summed E-state index contributed by atoms with van der Waals surface area (Å²) in [7, 11) is 1.34. The number of hydrogen-bond donors (Lipinski definition) is 0. The minimum atomic E-state index is -1.03. The molecule has 2 aliphatic rings. The average Bonchev–Trinajstić information content (AvgIpc) is 3.01. The third-order valence-electron chi connectivity index (χ3n) is 6.51. The number of alkyl halides is 1. The summed E-state index contributed by atoms with van der Waals surface area (Å²) in [5.74, 6) is -0.0620. The van der Waals surface area contributed by atoms with Crippen molar-refractivity contribution in [2.24, 2.45) is 0 Å². The Balaban J connectivity index is 1.54. The molecule has 3 aromatic rings. The normalized spacial score (nSPS) is 17.4. The summed E-state index contributed by atoms with van der Waals surface area (Å²) in [5.41, 5.74) is 2.48. The van der Waals surface area contributed by atoms with Crippen LogP contribution in [0.2, 0.25) is 0 Å². The first-order valence-corrected chi connectivity index (χ1v) is 10.7. The zero-order valence-electron chi connectivity index (χ0n) is 18.0. The van der Waals surface area contributed by atoms with E-state index in [1.807, 2.05) is 48.5 Å². The monoisotopic (exact) mass is 433 g/mol. The molecule has 0 radical (unpaired) electrons. The predicted octanol–water partition coefficient (Wildman–Crippen LogP) is 4.00. The van der Waals surface area contributed by atoms with Gasteiger partial charge >= 0.3 is 6.09 Å². The van der Waals surface area contributed by atoms with Crippen LogP contribution in [-0.2, 0) is 27.9 Å². The van der Waals surface area contributed by atoms with Crippen LogP contribution in [0.25, 0.3) is 10.8 Å². The van der Waals surface area contributed by atoms with Gasteiger partial charge in [0, 0.05) is 36.8 Å². The van der Waals surface area contributed by atoms with E-state index in [9.17, 15) is 14.0 Å². The summed E-state index contributed by atoms with van der Waals surface area (Å²) in [6.45, 7) is 2.35. The van der Waals surface area contributed by atoms with Crippen LogP contribution >= 0.6 is 0 Å². The van der Waals surface area contributed by atoms with E-state index in [1.165, 1.54) is 18.9 Å². The molecular weight excluding hydrogens is 409 g/mol. The molecule has 1 atom stereocenters. The van der Waals surface area contributed by atoms with Gasteiger partial charge in [-0.25, -0.2) is 9.18 Å². The number of pyridine rings is 1. The predicted molar refractivity (Wildman–Crippen MR) is 119 cm³/mol. The molecule has 164 valence electrons. The lowest BCUT2D eigenvalue weighted by Crippen LogP contribution is -2.65. The van der Waals surface area contributed by atoms with Crippen LogP contribution in [0.1, 0.15) is 23.7 Å². The first-order valence-electron chi connectivity index (χ1n) is 10.7. The van der Waals surface area contributed by atoms with Crippen LogP contribution in [0, 0.1) is 0 Å². The van der Waals surface area contributed by atoms with Gasteiger partial charge in [0.2, 0.25) is 5.91 Å². The maximum Gasteiger partial charge on any atom is 0.409 e. The van der Waals surface area contributed by atoms with Crippen molar-refractivity contribution in [3.05, 3.63) is 71.5 Å². The molecule has 1 unspecified atom stereocenters. The minimum Gasteiger partial charge on any atom is -0.453 e.